The second kappa shape index (κ2) is 7.38. The van der Waals surface area contributed by atoms with Crippen LogP contribution in [-0.4, -0.2) is 38.9 Å². The van der Waals surface area contributed by atoms with E-state index in [4.69, 9.17) is 5.73 Å². The van der Waals surface area contributed by atoms with Gasteiger partial charge in [-0.2, -0.15) is 5.10 Å². The Morgan fingerprint density at radius 1 is 1.17 bits per heavy atom. The van der Waals surface area contributed by atoms with Gasteiger partial charge in [0.25, 0.3) is 0 Å². The highest BCUT2D eigenvalue weighted by Gasteiger charge is 2.29. The van der Waals surface area contributed by atoms with Crippen molar-refractivity contribution >= 4 is 34.4 Å². The molecule has 1 aliphatic rings. The zero-order valence-corrected chi connectivity index (χ0v) is 16.9. The summed E-state index contributed by atoms with van der Waals surface area (Å²) in [6.45, 7) is 0.796. The third kappa shape index (κ3) is 3.05. The first kappa shape index (κ1) is 18.5. The number of carbonyl (C=O) groups excluding carboxylic acids is 2. The normalized spacial score (nSPS) is 16.3. The minimum atomic E-state index is -0.298. The van der Waals surface area contributed by atoms with Crippen molar-refractivity contribution < 1.29 is 9.59 Å². The average Bonchev–Trinajstić information content (AvgIpc) is 3.53. The zero-order chi connectivity index (χ0) is 20.7. The highest BCUT2D eigenvalue weighted by molar-refractivity contribution is 7.12. The SMILES string of the molecule is NC(=O)[C@@H]1CCCN1c1cccc(-c2ccnc3c(C(=O)c4cccs4)cnn23)c1. The largest absolute Gasteiger partial charge is 0.368 e. The number of nitrogens with two attached hydrogens (primary N) is 1. The molecule has 30 heavy (non-hydrogen) atoms. The molecule has 150 valence electrons. The first-order valence-corrected chi connectivity index (χ1v) is 10.6. The summed E-state index contributed by atoms with van der Waals surface area (Å²) in [5.41, 5.74) is 9.27. The lowest BCUT2D eigenvalue weighted by Gasteiger charge is -2.25. The van der Waals surface area contributed by atoms with Crippen LogP contribution in [0.4, 0.5) is 5.69 Å². The molecule has 0 radical (unpaired) electrons. The molecule has 2 N–H and O–H groups in total. The summed E-state index contributed by atoms with van der Waals surface area (Å²) in [5, 5.41) is 6.32. The van der Waals surface area contributed by atoms with Crippen LogP contribution in [0.25, 0.3) is 16.9 Å². The predicted octanol–water partition coefficient (Wildman–Crippen LogP) is 3.14. The summed E-state index contributed by atoms with van der Waals surface area (Å²) >= 11 is 1.40. The maximum Gasteiger partial charge on any atom is 0.240 e. The van der Waals surface area contributed by atoms with Crippen LogP contribution < -0.4 is 10.6 Å². The van der Waals surface area contributed by atoms with E-state index in [9.17, 15) is 9.59 Å². The quantitative estimate of drug-likeness (QED) is 0.504. The maximum absolute atomic E-state index is 12.8. The summed E-state index contributed by atoms with van der Waals surface area (Å²) in [6.07, 6.45) is 4.96. The third-order valence-corrected chi connectivity index (χ3v) is 6.31. The number of fused-ring (bicyclic) bond motifs is 1. The Bertz CT molecular complexity index is 1250. The van der Waals surface area contributed by atoms with Gasteiger partial charge in [-0.1, -0.05) is 18.2 Å². The van der Waals surface area contributed by atoms with Crippen LogP contribution in [0.5, 0.6) is 0 Å². The van der Waals surface area contributed by atoms with E-state index in [1.54, 1.807) is 23.0 Å². The Hall–Kier alpha value is -3.52. The van der Waals surface area contributed by atoms with Crippen molar-refractivity contribution in [2.75, 3.05) is 11.4 Å². The van der Waals surface area contributed by atoms with Crippen LogP contribution in [0.15, 0.2) is 60.2 Å². The Labute approximate surface area is 176 Å². The molecule has 1 atom stereocenters. The molecule has 0 unspecified atom stereocenters. The topological polar surface area (TPSA) is 93.6 Å². The fraction of sp³-hybridized carbons (Fsp3) is 0.182. The number of hydrogen-bond acceptors (Lipinski definition) is 6. The van der Waals surface area contributed by atoms with E-state index in [1.807, 2.05) is 41.8 Å². The molecule has 1 aromatic carbocycles. The second-order valence-electron chi connectivity index (χ2n) is 7.23. The molecule has 0 aliphatic carbocycles. The first-order valence-electron chi connectivity index (χ1n) is 9.71. The molecular weight excluding hydrogens is 398 g/mol. The standard InChI is InChI=1S/C22H19N5O2S/c23-21(29)18-6-2-10-26(18)15-5-1-4-14(12-15)17-8-9-24-22-16(13-25-27(17)22)20(28)19-7-3-11-30-19/h1,3-5,7-9,11-13,18H,2,6,10H2,(H2,23,29)/t18-/m0/s1. The fourth-order valence-electron chi connectivity index (χ4n) is 4.03. The van der Waals surface area contributed by atoms with E-state index < -0.39 is 0 Å². The molecule has 1 aliphatic heterocycles. The lowest BCUT2D eigenvalue weighted by atomic mass is 10.1. The Morgan fingerprint density at radius 3 is 2.87 bits per heavy atom. The number of amides is 1. The molecule has 0 saturated carbocycles. The number of nitrogens with zero attached hydrogens (tertiary/aromatic N) is 4. The van der Waals surface area contributed by atoms with Gasteiger partial charge in [-0.15, -0.1) is 11.3 Å². The molecular formula is C22H19N5O2S. The van der Waals surface area contributed by atoms with E-state index in [0.717, 1.165) is 36.3 Å². The second-order valence-corrected chi connectivity index (χ2v) is 8.18. The molecule has 1 saturated heterocycles. The van der Waals surface area contributed by atoms with Gasteiger partial charge in [0.2, 0.25) is 11.7 Å². The van der Waals surface area contributed by atoms with Gasteiger partial charge < -0.3 is 10.6 Å². The number of rotatable bonds is 5. The lowest BCUT2D eigenvalue weighted by Crippen LogP contribution is -2.40. The van der Waals surface area contributed by atoms with E-state index in [2.05, 4.69) is 15.0 Å². The van der Waals surface area contributed by atoms with E-state index >= 15 is 0 Å². The molecule has 4 heterocycles. The number of ketones is 1. The fourth-order valence-corrected chi connectivity index (χ4v) is 4.70. The van der Waals surface area contributed by atoms with Crippen molar-refractivity contribution in [3.05, 3.63) is 70.7 Å². The summed E-state index contributed by atoms with van der Waals surface area (Å²) in [7, 11) is 0. The summed E-state index contributed by atoms with van der Waals surface area (Å²) in [4.78, 5) is 31.7. The highest BCUT2D eigenvalue weighted by Crippen LogP contribution is 2.30. The molecule has 0 bridgehead atoms. The van der Waals surface area contributed by atoms with Crippen molar-refractivity contribution in [2.45, 2.75) is 18.9 Å². The van der Waals surface area contributed by atoms with Crippen LogP contribution >= 0.6 is 11.3 Å². The first-order chi connectivity index (χ1) is 14.6. The number of hydrogen-bond donors (Lipinski definition) is 1. The molecule has 1 fully saturated rings. The van der Waals surface area contributed by atoms with Gasteiger partial charge in [0, 0.05) is 24.0 Å². The highest BCUT2D eigenvalue weighted by atomic mass is 32.1. The summed E-state index contributed by atoms with van der Waals surface area (Å²) in [5.74, 6) is -0.382. The molecule has 4 aromatic rings. The Kier molecular flexibility index (Phi) is 4.55. The number of primary amides is 1. The maximum atomic E-state index is 12.8. The van der Waals surface area contributed by atoms with Crippen LogP contribution in [0.2, 0.25) is 0 Å². The van der Waals surface area contributed by atoms with Crippen LogP contribution in [0, 0.1) is 0 Å². The van der Waals surface area contributed by atoms with Crippen molar-refractivity contribution in [3.8, 4) is 11.3 Å². The lowest BCUT2D eigenvalue weighted by molar-refractivity contribution is -0.119. The van der Waals surface area contributed by atoms with Gasteiger partial charge in [-0.3, -0.25) is 9.59 Å². The Balaban J connectivity index is 1.56. The van der Waals surface area contributed by atoms with Gasteiger partial charge >= 0.3 is 0 Å². The number of carbonyl (C=O) groups is 2. The van der Waals surface area contributed by atoms with Crippen molar-refractivity contribution in [3.63, 3.8) is 0 Å². The molecule has 7 nitrogen and oxygen atoms in total. The number of benzene rings is 1. The van der Waals surface area contributed by atoms with Crippen LogP contribution in [-0.2, 0) is 4.79 Å². The molecule has 5 rings (SSSR count). The zero-order valence-electron chi connectivity index (χ0n) is 16.1. The van der Waals surface area contributed by atoms with Gasteiger partial charge in [0.05, 0.1) is 22.3 Å². The smallest absolute Gasteiger partial charge is 0.240 e. The van der Waals surface area contributed by atoms with Gasteiger partial charge in [-0.05, 0) is 42.5 Å². The monoisotopic (exact) mass is 417 g/mol. The minimum Gasteiger partial charge on any atom is -0.368 e. The summed E-state index contributed by atoms with van der Waals surface area (Å²) < 4.78 is 1.69. The minimum absolute atomic E-state index is 0.0835. The van der Waals surface area contributed by atoms with E-state index in [-0.39, 0.29) is 17.7 Å². The van der Waals surface area contributed by atoms with Crippen LogP contribution in [0.3, 0.4) is 0 Å². The Morgan fingerprint density at radius 2 is 2.07 bits per heavy atom. The van der Waals surface area contributed by atoms with E-state index in [0.29, 0.717) is 16.1 Å². The molecule has 3 aromatic heterocycles. The molecule has 0 spiro atoms. The van der Waals surface area contributed by atoms with Crippen LogP contribution in [0.1, 0.15) is 28.1 Å². The molecule has 8 heteroatoms. The van der Waals surface area contributed by atoms with Gasteiger partial charge in [0.1, 0.15) is 6.04 Å². The molecule has 1 amide bonds. The van der Waals surface area contributed by atoms with Crippen molar-refractivity contribution in [2.24, 2.45) is 5.73 Å². The summed E-state index contributed by atoms with van der Waals surface area (Å²) in [6, 6.07) is 13.2. The number of anilines is 1. The predicted molar refractivity (Wildman–Crippen MR) is 116 cm³/mol. The third-order valence-electron chi connectivity index (χ3n) is 5.45. The average molecular weight is 417 g/mol. The van der Waals surface area contributed by atoms with Crippen molar-refractivity contribution in [1.29, 1.82) is 0 Å². The van der Waals surface area contributed by atoms with Crippen molar-refractivity contribution in [1.82, 2.24) is 14.6 Å². The number of thiophene rings is 1. The van der Waals surface area contributed by atoms with E-state index in [1.165, 1.54) is 11.3 Å². The number of aromatic nitrogens is 3. The van der Waals surface area contributed by atoms with Gasteiger partial charge in [0.15, 0.2) is 5.65 Å². The van der Waals surface area contributed by atoms with Gasteiger partial charge in [-0.25, -0.2) is 9.50 Å².